The third-order valence-electron chi connectivity index (χ3n) is 4.26. The molecule has 27 heavy (non-hydrogen) atoms. The molecule has 0 spiro atoms. The Morgan fingerprint density at radius 1 is 0.963 bits per heavy atom. The van der Waals surface area contributed by atoms with Gasteiger partial charge in [0.05, 0.1) is 0 Å². The van der Waals surface area contributed by atoms with E-state index in [1.54, 1.807) is 12.1 Å². The molecule has 2 aromatic carbocycles. The van der Waals surface area contributed by atoms with E-state index in [2.05, 4.69) is 39.9 Å². The van der Waals surface area contributed by atoms with E-state index in [9.17, 15) is 4.79 Å². The van der Waals surface area contributed by atoms with E-state index in [4.69, 9.17) is 0 Å². The second kappa shape index (κ2) is 8.31. The van der Waals surface area contributed by atoms with Crippen molar-refractivity contribution >= 4 is 23.1 Å². The van der Waals surface area contributed by atoms with E-state index in [-0.39, 0.29) is 11.6 Å². The number of aromatic nitrogens is 2. The Balaban J connectivity index is 1.59. The van der Waals surface area contributed by atoms with Gasteiger partial charge in [0.25, 0.3) is 5.91 Å². The molecule has 6 heteroatoms. The van der Waals surface area contributed by atoms with Crippen LogP contribution >= 0.6 is 0 Å². The number of hydrogen-bond donors (Lipinski definition) is 2. The summed E-state index contributed by atoms with van der Waals surface area (Å²) in [5, 5.41) is 14.2. The number of carbonyl (C=O) groups is 1. The van der Waals surface area contributed by atoms with E-state index in [1.807, 2.05) is 55.4 Å². The first-order valence-electron chi connectivity index (χ1n) is 8.74. The third kappa shape index (κ3) is 4.82. The van der Waals surface area contributed by atoms with Crippen molar-refractivity contribution in [3.63, 3.8) is 0 Å². The number of benzene rings is 2. The zero-order valence-corrected chi connectivity index (χ0v) is 15.7. The summed E-state index contributed by atoms with van der Waals surface area (Å²) in [4.78, 5) is 14.3. The maximum Gasteiger partial charge on any atom is 0.276 e. The topological polar surface area (TPSA) is 70.2 Å². The van der Waals surface area contributed by atoms with Crippen LogP contribution in [0.25, 0.3) is 0 Å². The Kier molecular flexibility index (Phi) is 5.66. The highest BCUT2D eigenvalue weighted by Crippen LogP contribution is 2.16. The quantitative estimate of drug-likeness (QED) is 0.700. The summed E-state index contributed by atoms with van der Waals surface area (Å²) in [7, 11) is 3.94. The van der Waals surface area contributed by atoms with Crippen molar-refractivity contribution in [3.8, 4) is 0 Å². The first-order chi connectivity index (χ1) is 13.0. The molecular formula is C21H23N5O. The molecular weight excluding hydrogens is 338 g/mol. The molecule has 1 aromatic heterocycles. The molecule has 0 aliphatic rings. The predicted molar refractivity (Wildman–Crippen MR) is 109 cm³/mol. The molecule has 0 atom stereocenters. The highest BCUT2D eigenvalue weighted by Gasteiger charge is 2.09. The fourth-order valence-electron chi connectivity index (χ4n) is 2.58. The fraction of sp³-hybridized carbons (Fsp3) is 0.190. The van der Waals surface area contributed by atoms with Crippen LogP contribution in [0, 0.1) is 6.92 Å². The van der Waals surface area contributed by atoms with Crippen molar-refractivity contribution in [1.82, 2.24) is 10.2 Å². The van der Waals surface area contributed by atoms with Crippen LogP contribution in [0.4, 0.5) is 17.2 Å². The third-order valence-corrected chi connectivity index (χ3v) is 4.26. The molecule has 6 nitrogen and oxygen atoms in total. The summed E-state index contributed by atoms with van der Waals surface area (Å²) in [5.41, 5.74) is 4.47. The fourth-order valence-corrected chi connectivity index (χ4v) is 2.58. The van der Waals surface area contributed by atoms with E-state index >= 15 is 0 Å². The van der Waals surface area contributed by atoms with Gasteiger partial charge in [0.2, 0.25) is 0 Å². The maximum atomic E-state index is 12.3. The number of anilines is 3. The first-order valence-corrected chi connectivity index (χ1v) is 8.74. The lowest BCUT2D eigenvalue weighted by molar-refractivity contribution is 0.102. The number of carbonyl (C=O) groups excluding carboxylic acids is 1. The monoisotopic (exact) mass is 361 g/mol. The first kappa shape index (κ1) is 18.4. The molecule has 0 bridgehead atoms. The van der Waals surface area contributed by atoms with Gasteiger partial charge in [-0.3, -0.25) is 4.79 Å². The Labute approximate surface area is 159 Å². The summed E-state index contributed by atoms with van der Waals surface area (Å²) in [6, 6.07) is 19.2. The molecule has 0 unspecified atom stereocenters. The lowest BCUT2D eigenvalue weighted by Gasteiger charge is -2.13. The predicted octanol–water partition coefficient (Wildman–Crippen LogP) is 3.72. The Bertz CT molecular complexity index is 905. The summed E-state index contributed by atoms with van der Waals surface area (Å²) >= 11 is 0. The smallest absolute Gasteiger partial charge is 0.276 e. The second-order valence-electron chi connectivity index (χ2n) is 6.48. The normalized spacial score (nSPS) is 10.3. The van der Waals surface area contributed by atoms with Crippen molar-refractivity contribution in [2.75, 3.05) is 29.6 Å². The molecule has 2 N–H and O–H groups in total. The molecule has 1 amide bonds. The van der Waals surface area contributed by atoms with Crippen molar-refractivity contribution in [1.29, 1.82) is 0 Å². The molecule has 0 fully saturated rings. The number of aryl methyl sites for hydroxylation is 1. The average Bonchev–Trinajstić information content (AvgIpc) is 2.68. The molecule has 1 heterocycles. The molecule has 138 valence electrons. The van der Waals surface area contributed by atoms with Crippen molar-refractivity contribution in [2.24, 2.45) is 0 Å². The van der Waals surface area contributed by atoms with Crippen LogP contribution in [0.1, 0.15) is 21.6 Å². The van der Waals surface area contributed by atoms with Gasteiger partial charge in [-0.15, -0.1) is 10.2 Å². The van der Waals surface area contributed by atoms with Gasteiger partial charge in [-0.2, -0.15) is 0 Å². The standard InChI is InChI=1S/C21H23N5O/c1-15-6-4-5-7-16(15)14-22-20-13-12-19(24-25-20)21(27)23-17-8-10-18(11-9-17)26(2)3/h4-13H,14H2,1-3H3,(H,22,25)(H,23,27). The van der Waals surface area contributed by atoms with Gasteiger partial charge in [-0.1, -0.05) is 24.3 Å². The number of hydrogen-bond acceptors (Lipinski definition) is 5. The number of amides is 1. The SMILES string of the molecule is Cc1ccccc1CNc1ccc(C(=O)Nc2ccc(N(C)C)cc2)nn1. The van der Waals surface area contributed by atoms with Crippen LogP contribution in [0.2, 0.25) is 0 Å². The van der Waals surface area contributed by atoms with Gasteiger partial charge >= 0.3 is 0 Å². The van der Waals surface area contributed by atoms with Crippen LogP contribution in [-0.2, 0) is 6.54 Å². The second-order valence-corrected chi connectivity index (χ2v) is 6.48. The Hall–Kier alpha value is -3.41. The molecule has 0 saturated carbocycles. The van der Waals surface area contributed by atoms with E-state index in [1.165, 1.54) is 11.1 Å². The van der Waals surface area contributed by atoms with Crippen molar-refractivity contribution in [3.05, 3.63) is 77.5 Å². The number of nitrogens with zero attached hydrogens (tertiary/aromatic N) is 3. The Morgan fingerprint density at radius 3 is 2.33 bits per heavy atom. The van der Waals surface area contributed by atoms with E-state index in [0.717, 1.165) is 5.69 Å². The van der Waals surface area contributed by atoms with Crippen LogP contribution in [-0.4, -0.2) is 30.2 Å². The maximum absolute atomic E-state index is 12.3. The van der Waals surface area contributed by atoms with Crippen LogP contribution in [0.15, 0.2) is 60.7 Å². The molecule has 0 saturated heterocycles. The molecule has 3 aromatic rings. The van der Waals surface area contributed by atoms with Gasteiger partial charge in [0, 0.05) is 32.0 Å². The largest absolute Gasteiger partial charge is 0.378 e. The zero-order valence-electron chi connectivity index (χ0n) is 15.7. The zero-order chi connectivity index (χ0) is 19.2. The minimum Gasteiger partial charge on any atom is -0.378 e. The van der Waals surface area contributed by atoms with Crippen LogP contribution in [0.5, 0.6) is 0 Å². The Morgan fingerprint density at radius 2 is 1.70 bits per heavy atom. The number of nitrogens with one attached hydrogen (secondary N) is 2. The number of rotatable bonds is 6. The van der Waals surface area contributed by atoms with Gasteiger partial charge in [0.15, 0.2) is 5.69 Å². The molecule has 0 aliphatic carbocycles. The lowest BCUT2D eigenvalue weighted by Crippen LogP contribution is -2.15. The summed E-state index contributed by atoms with van der Waals surface area (Å²) in [6.45, 7) is 2.73. The average molecular weight is 361 g/mol. The van der Waals surface area contributed by atoms with Gasteiger partial charge in [-0.05, 0) is 54.4 Å². The van der Waals surface area contributed by atoms with Crippen molar-refractivity contribution < 1.29 is 4.79 Å². The summed E-state index contributed by atoms with van der Waals surface area (Å²) in [5.74, 6) is 0.343. The van der Waals surface area contributed by atoms with E-state index < -0.39 is 0 Å². The van der Waals surface area contributed by atoms with Gasteiger partial charge in [0.1, 0.15) is 5.82 Å². The van der Waals surface area contributed by atoms with Gasteiger partial charge in [-0.25, -0.2) is 0 Å². The minimum absolute atomic E-state index is 0.271. The highest BCUT2D eigenvalue weighted by atomic mass is 16.1. The molecule has 0 radical (unpaired) electrons. The van der Waals surface area contributed by atoms with Crippen LogP contribution < -0.4 is 15.5 Å². The minimum atomic E-state index is -0.287. The van der Waals surface area contributed by atoms with E-state index in [0.29, 0.717) is 18.1 Å². The molecule has 0 aliphatic heterocycles. The van der Waals surface area contributed by atoms with Gasteiger partial charge < -0.3 is 15.5 Å². The van der Waals surface area contributed by atoms with Crippen LogP contribution in [0.3, 0.4) is 0 Å². The molecule has 3 rings (SSSR count). The summed E-state index contributed by atoms with van der Waals surface area (Å²) in [6.07, 6.45) is 0. The summed E-state index contributed by atoms with van der Waals surface area (Å²) < 4.78 is 0. The lowest BCUT2D eigenvalue weighted by atomic mass is 10.1. The highest BCUT2D eigenvalue weighted by molar-refractivity contribution is 6.02. The van der Waals surface area contributed by atoms with Crippen molar-refractivity contribution in [2.45, 2.75) is 13.5 Å².